The Morgan fingerprint density at radius 2 is 1.43 bits per heavy atom. The molecule has 0 aromatic heterocycles. The molecule has 0 unspecified atom stereocenters. The van der Waals surface area contributed by atoms with Crippen molar-refractivity contribution in [1.29, 1.82) is 0 Å². The lowest BCUT2D eigenvalue weighted by Gasteiger charge is -2.61. The van der Waals surface area contributed by atoms with Crippen LogP contribution in [0.2, 0.25) is 0 Å². The minimum atomic E-state index is 0.395. The molecular weight excluding hydrogens is 256 g/mol. The van der Waals surface area contributed by atoms with Gasteiger partial charge in [0.2, 0.25) is 0 Å². The van der Waals surface area contributed by atoms with Crippen LogP contribution in [0, 0.1) is 52.3 Å². The minimum Gasteiger partial charge on any atom is -0.299 e. The Morgan fingerprint density at radius 1 is 0.905 bits per heavy atom. The first kappa shape index (κ1) is 13.1. The zero-order valence-electron chi connectivity index (χ0n) is 13.9. The van der Waals surface area contributed by atoms with Crippen LogP contribution in [0.5, 0.6) is 0 Å². The molecule has 6 aliphatic carbocycles. The molecule has 21 heavy (non-hydrogen) atoms. The second-order valence-electron chi connectivity index (χ2n) is 10.2. The van der Waals surface area contributed by atoms with Crippen molar-refractivity contribution in [3.05, 3.63) is 0 Å². The van der Waals surface area contributed by atoms with E-state index < -0.39 is 0 Å². The molecule has 0 saturated heterocycles. The highest BCUT2D eigenvalue weighted by Gasteiger charge is 2.67. The van der Waals surface area contributed by atoms with Crippen LogP contribution in [0.25, 0.3) is 0 Å². The van der Waals surface area contributed by atoms with Crippen LogP contribution < -0.4 is 0 Å². The lowest BCUT2D eigenvalue weighted by molar-refractivity contribution is -0.153. The Balaban J connectivity index is 1.55. The van der Waals surface area contributed by atoms with E-state index in [0.29, 0.717) is 40.3 Å². The third-order valence-electron chi connectivity index (χ3n) is 9.06. The maximum absolute atomic E-state index is 13.2. The Morgan fingerprint density at radius 3 is 1.90 bits per heavy atom. The number of hydrogen-bond donors (Lipinski definition) is 0. The fraction of sp³-hybridized carbons (Fsp3) is 0.950. The van der Waals surface area contributed by atoms with Gasteiger partial charge in [-0.25, -0.2) is 0 Å². The SMILES string of the molecule is C[C@H]1[C@H]2C[C@H]([C@H](C34CC5CC(CC(C5)C3)C4)C2=O)C1(C)C. The maximum atomic E-state index is 13.2. The van der Waals surface area contributed by atoms with Crippen molar-refractivity contribution in [2.75, 3.05) is 0 Å². The first-order chi connectivity index (χ1) is 9.91. The van der Waals surface area contributed by atoms with Crippen molar-refractivity contribution in [2.24, 2.45) is 52.3 Å². The minimum absolute atomic E-state index is 0.395. The standard InChI is InChI=1S/C20H30O/c1-11-15-7-16(19(11,2)3)17(18(15)21)20-8-12-4-13(9-20)6-14(5-12)10-20/h11-17H,4-10H2,1-3H3/t11-,12?,13?,14?,15+,16+,17-,20?/m0/s1. The molecule has 0 N–H and O–H groups in total. The monoisotopic (exact) mass is 286 g/mol. The Hall–Kier alpha value is -0.330. The van der Waals surface area contributed by atoms with E-state index in [0.717, 1.165) is 17.8 Å². The van der Waals surface area contributed by atoms with E-state index in [9.17, 15) is 4.79 Å². The largest absolute Gasteiger partial charge is 0.299 e. The molecular formula is C20H30O. The van der Waals surface area contributed by atoms with E-state index in [-0.39, 0.29) is 0 Å². The normalized spacial score (nSPS) is 60.0. The van der Waals surface area contributed by atoms with Gasteiger partial charge in [-0.15, -0.1) is 0 Å². The molecule has 6 saturated carbocycles. The molecule has 0 heterocycles. The number of fused-ring (bicyclic) bond motifs is 2. The second-order valence-corrected chi connectivity index (χ2v) is 10.2. The van der Waals surface area contributed by atoms with Crippen LogP contribution in [0.15, 0.2) is 0 Å². The molecule has 1 nitrogen and oxygen atoms in total. The molecule has 116 valence electrons. The van der Waals surface area contributed by atoms with Crippen LogP contribution in [0.3, 0.4) is 0 Å². The van der Waals surface area contributed by atoms with Crippen LogP contribution in [0.4, 0.5) is 0 Å². The van der Waals surface area contributed by atoms with E-state index in [1.54, 1.807) is 0 Å². The maximum Gasteiger partial charge on any atom is 0.140 e. The summed E-state index contributed by atoms with van der Waals surface area (Å²) in [5, 5.41) is 0. The first-order valence-electron chi connectivity index (χ1n) is 9.44. The van der Waals surface area contributed by atoms with Crippen molar-refractivity contribution in [3.8, 4) is 0 Å². The van der Waals surface area contributed by atoms with Crippen molar-refractivity contribution in [1.82, 2.24) is 0 Å². The number of carbonyl (C=O) groups is 1. The predicted octanol–water partition coefficient (Wildman–Crippen LogP) is 4.70. The summed E-state index contributed by atoms with van der Waals surface area (Å²) in [6.07, 6.45) is 9.92. The number of hydrogen-bond acceptors (Lipinski definition) is 1. The number of carbonyl (C=O) groups excluding carboxylic acids is 1. The Kier molecular flexibility index (Phi) is 2.36. The van der Waals surface area contributed by atoms with Crippen LogP contribution in [-0.2, 0) is 4.79 Å². The molecule has 0 aliphatic heterocycles. The highest BCUT2D eigenvalue weighted by atomic mass is 16.1. The summed E-state index contributed by atoms with van der Waals surface area (Å²) in [5.74, 6) is 5.79. The van der Waals surface area contributed by atoms with E-state index in [2.05, 4.69) is 20.8 Å². The first-order valence-corrected chi connectivity index (χ1v) is 9.44. The summed E-state index contributed by atoms with van der Waals surface area (Å²) in [7, 11) is 0. The fourth-order valence-corrected chi connectivity index (χ4v) is 8.28. The van der Waals surface area contributed by atoms with Gasteiger partial charge in [-0.2, -0.15) is 0 Å². The molecule has 6 rings (SSSR count). The molecule has 0 aromatic rings. The van der Waals surface area contributed by atoms with Gasteiger partial charge >= 0.3 is 0 Å². The molecule has 6 aliphatic rings. The molecule has 6 bridgehead atoms. The lowest BCUT2D eigenvalue weighted by Crippen LogP contribution is -2.55. The molecule has 6 fully saturated rings. The zero-order valence-corrected chi connectivity index (χ0v) is 13.9. The summed E-state index contributed by atoms with van der Waals surface area (Å²) in [6.45, 7) is 7.27. The topological polar surface area (TPSA) is 17.1 Å². The molecule has 0 amide bonds. The Labute approximate surface area is 129 Å². The summed E-state index contributed by atoms with van der Waals surface area (Å²) in [6, 6.07) is 0. The smallest absolute Gasteiger partial charge is 0.140 e. The number of rotatable bonds is 1. The quantitative estimate of drug-likeness (QED) is 0.683. The summed E-state index contributed by atoms with van der Waals surface area (Å²) >= 11 is 0. The highest BCUT2D eigenvalue weighted by Crippen LogP contribution is 2.70. The van der Waals surface area contributed by atoms with Gasteiger partial charge in [0.15, 0.2) is 0 Å². The average molecular weight is 286 g/mol. The summed E-state index contributed by atoms with van der Waals surface area (Å²) < 4.78 is 0. The molecule has 0 radical (unpaired) electrons. The fourth-order valence-electron chi connectivity index (χ4n) is 8.28. The predicted molar refractivity (Wildman–Crippen MR) is 83.6 cm³/mol. The van der Waals surface area contributed by atoms with Crippen molar-refractivity contribution in [3.63, 3.8) is 0 Å². The van der Waals surface area contributed by atoms with Gasteiger partial charge in [0.25, 0.3) is 0 Å². The van der Waals surface area contributed by atoms with Gasteiger partial charge in [0, 0.05) is 11.8 Å². The van der Waals surface area contributed by atoms with E-state index in [1.165, 1.54) is 44.9 Å². The van der Waals surface area contributed by atoms with Crippen LogP contribution >= 0.6 is 0 Å². The van der Waals surface area contributed by atoms with E-state index in [1.807, 2.05) is 0 Å². The van der Waals surface area contributed by atoms with Crippen LogP contribution in [0.1, 0.15) is 65.7 Å². The summed E-state index contributed by atoms with van der Waals surface area (Å²) in [4.78, 5) is 13.2. The third-order valence-corrected chi connectivity index (χ3v) is 9.06. The van der Waals surface area contributed by atoms with Crippen molar-refractivity contribution in [2.45, 2.75) is 65.7 Å². The van der Waals surface area contributed by atoms with Gasteiger partial charge in [0.1, 0.15) is 5.78 Å². The lowest BCUT2D eigenvalue weighted by atomic mass is 9.43. The van der Waals surface area contributed by atoms with Crippen LogP contribution in [-0.4, -0.2) is 5.78 Å². The number of Topliss-reactive ketones (excluding diaryl/α,β-unsaturated/α-hetero) is 1. The number of ketones is 1. The van der Waals surface area contributed by atoms with Gasteiger partial charge in [-0.3, -0.25) is 4.79 Å². The average Bonchev–Trinajstić information content (AvgIpc) is 2.84. The summed E-state index contributed by atoms with van der Waals surface area (Å²) in [5.41, 5.74) is 0.842. The van der Waals surface area contributed by atoms with Gasteiger partial charge < -0.3 is 0 Å². The zero-order chi connectivity index (χ0) is 14.6. The Bertz CT molecular complexity index is 467. The van der Waals surface area contributed by atoms with Crippen molar-refractivity contribution < 1.29 is 4.79 Å². The van der Waals surface area contributed by atoms with Gasteiger partial charge in [0.05, 0.1) is 0 Å². The van der Waals surface area contributed by atoms with Crippen molar-refractivity contribution >= 4 is 5.78 Å². The molecule has 0 spiro atoms. The molecule has 1 heteroatoms. The second kappa shape index (κ2) is 3.77. The van der Waals surface area contributed by atoms with E-state index in [4.69, 9.17) is 0 Å². The van der Waals surface area contributed by atoms with Gasteiger partial charge in [-0.1, -0.05) is 20.8 Å². The molecule has 0 aromatic carbocycles. The van der Waals surface area contributed by atoms with E-state index >= 15 is 0 Å². The van der Waals surface area contributed by atoms with Gasteiger partial charge in [-0.05, 0) is 85.4 Å². The third kappa shape index (κ3) is 1.47. The highest BCUT2D eigenvalue weighted by molar-refractivity contribution is 5.88. The molecule has 4 atom stereocenters.